The van der Waals surface area contributed by atoms with Gasteiger partial charge in [-0.05, 0) is 41.1 Å². The van der Waals surface area contributed by atoms with Crippen LogP contribution in [0, 0.1) is 0 Å². The molecule has 0 saturated carbocycles. The SMILES string of the molecule is O=C(O)CCN(c1ccc2ccccc2c1)S(=O)(=O)c1cc(Cl)ccc1Cl. The number of fused-ring (bicyclic) bond motifs is 1. The van der Waals surface area contributed by atoms with Crippen LogP contribution in [-0.4, -0.2) is 26.0 Å². The first kappa shape index (κ1) is 19.5. The Morgan fingerprint density at radius 3 is 2.37 bits per heavy atom. The van der Waals surface area contributed by atoms with Gasteiger partial charge in [0.2, 0.25) is 0 Å². The summed E-state index contributed by atoms with van der Waals surface area (Å²) in [6, 6.07) is 16.8. The average molecular weight is 424 g/mol. The lowest BCUT2D eigenvalue weighted by Crippen LogP contribution is -2.33. The van der Waals surface area contributed by atoms with E-state index in [0.717, 1.165) is 15.1 Å². The molecule has 0 spiro atoms. The average Bonchev–Trinajstić information content (AvgIpc) is 2.63. The highest BCUT2D eigenvalue weighted by molar-refractivity contribution is 7.93. The van der Waals surface area contributed by atoms with Gasteiger partial charge in [-0.25, -0.2) is 8.42 Å². The van der Waals surface area contributed by atoms with E-state index in [-0.39, 0.29) is 27.9 Å². The number of halogens is 2. The number of nitrogens with zero attached hydrogens (tertiary/aromatic N) is 1. The number of hydrogen-bond donors (Lipinski definition) is 1. The molecule has 0 aliphatic carbocycles. The van der Waals surface area contributed by atoms with E-state index in [1.807, 2.05) is 24.3 Å². The van der Waals surface area contributed by atoms with Gasteiger partial charge in [0, 0.05) is 11.6 Å². The van der Waals surface area contributed by atoms with Gasteiger partial charge in [0.05, 0.1) is 17.1 Å². The molecule has 3 aromatic rings. The van der Waals surface area contributed by atoms with E-state index in [2.05, 4.69) is 0 Å². The highest BCUT2D eigenvalue weighted by Gasteiger charge is 2.28. The molecule has 27 heavy (non-hydrogen) atoms. The lowest BCUT2D eigenvalue weighted by molar-refractivity contribution is -0.136. The van der Waals surface area contributed by atoms with Gasteiger partial charge in [-0.1, -0.05) is 53.5 Å². The minimum absolute atomic E-state index is 0.0144. The largest absolute Gasteiger partial charge is 0.481 e. The molecule has 0 aromatic heterocycles. The van der Waals surface area contributed by atoms with Gasteiger partial charge in [-0.3, -0.25) is 9.10 Å². The predicted molar refractivity (Wildman–Crippen MR) is 107 cm³/mol. The molecule has 0 aliphatic rings. The molecule has 0 unspecified atom stereocenters. The standard InChI is InChI=1S/C19H15Cl2NO4S/c20-15-6-8-17(21)18(12-15)27(25,26)22(10-9-19(23)24)16-7-5-13-3-1-2-4-14(13)11-16/h1-8,11-12H,9-10H2,(H,23,24). The van der Waals surface area contributed by atoms with E-state index < -0.39 is 16.0 Å². The lowest BCUT2D eigenvalue weighted by atomic mass is 10.1. The molecular weight excluding hydrogens is 409 g/mol. The van der Waals surface area contributed by atoms with Gasteiger partial charge in [0.15, 0.2) is 0 Å². The summed E-state index contributed by atoms with van der Waals surface area (Å²) in [4.78, 5) is 10.9. The number of rotatable bonds is 6. The second-order valence-corrected chi connectivity index (χ2v) is 8.50. The molecule has 0 bridgehead atoms. The third kappa shape index (κ3) is 4.18. The Morgan fingerprint density at radius 2 is 1.67 bits per heavy atom. The summed E-state index contributed by atoms with van der Waals surface area (Å²) in [6.45, 7) is -0.237. The van der Waals surface area contributed by atoms with E-state index in [9.17, 15) is 13.2 Å². The van der Waals surface area contributed by atoms with Crippen molar-refractivity contribution in [3.63, 3.8) is 0 Å². The summed E-state index contributed by atoms with van der Waals surface area (Å²) < 4.78 is 27.5. The predicted octanol–water partition coefficient (Wildman–Crippen LogP) is 4.82. The lowest BCUT2D eigenvalue weighted by Gasteiger charge is -2.25. The molecule has 3 aromatic carbocycles. The summed E-state index contributed by atoms with van der Waals surface area (Å²) in [5.74, 6) is -1.10. The van der Waals surface area contributed by atoms with Crippen LogP contribution < -0.4 is 4.31 Å². The zero-order chi connectivity index (χ0) is 19.6. The van der Waals surface area contributed by atoms with Gasteiger partial charge >= 0.3 is 5.97 Å². The number of anilines is 1. The van der Waals surface area contributed by atoms with E-state index in [1.165, 1.54) is 18.2 Å². The topological polar surface area (TPSA) is 74.7 Å². The molecular formula is C19H15Cl2NO4S. The molecule has 3 rings (SSSR count). The Bertz CT molecular complexity index is 1120. The zero-order valence-corrected chi connectivity index (χ0v) is 16.3. The third-order valence-electron chi connectivity index (χ3n) is 4.01. The van der Waals surface area contributed by atoms with Crippen LogP contribution in [0.3, 0.4) is 0 Å². The number of sulfonamides is 1. The van der Waals surface area contributed by atoms with Crippen molar-refractivity contribution in [1.29, 1.82) is 0 Å². The molecule has 0 amide bonds. The highest BCUT2D eigenvalue weighted by atomic mass is 35.5. The van der Waals surface area contributed by atoms with Crippen molar-refractivity contribution in [1.82, 2.24) is 0 Å². The van der Waals surface area contributed by atoms with Crippen molar-refractivity contribution in [2.24, 2.45) is 0 Å². The van der Waals surface area contributed by atoms with Gasteiger partial charge in [0.25, 0.3) is 10.0 Å². The molecule has 0 saturated heterocycles. The third-order valence-corrected chi connectivity index (χ3v) is 6.56. The van der Waals surface area contributed by atoms with E-state index in [1.54, 1.807) is 18.2 Å². The second-order valence-electron chi connectivity index (χ2n) is 5.83. The fourth-order valence-corrected chi connectivity index (χ4v) is 4.91. The summed E-state index contributed by atoms with van der Waals surface area (Å²) >= 11 is 12.0. The maximum absolute atomic E-state index is 13.2. The first-order chi connectivity index (χ1) is 12.8. The summed E-state index contributed by atoms with van der Waals surface area (Å²) in [7, 11) is -4.12. The van der Waals surface area contributed by atoms with Crippen LogP contribution in [0.15, 0.2) is 65.6 Å². The minimum Gasteiger partial charge on any atom is -0.481 e. The molecule has 1 N–H and O–H groups in total. The molecule has 5 nitrogen and oxygen atoms in total. The van der Waals surface area contributed by atoms with E-state index >= 15 is 0 Å². The quantitative estimate of drug-likeness (QED) is 0.616. The number of aliphatic carboxylic acids is 1. The maximum atomic E-state index is 13.2. The smallest absolute Gasteiger partial charge is 0.305 e. The maximum Gasteiger partial charge on any atom is 0.305 e. The Hall–Kier alpha value is -2.28. The van der Waals surface area contributed by atoms with Crippen molar-refractivity contribution in [2.75, 3.05) is 10.8 Å². The summed E-state index contributed by atoms with van der Waals surface area (Å²) in [5.41, 5.74) is 0.353. The van der Waals surface area contributed by atoms with Crippen LogP contribution in [0.25, 0.3) is 10.8 Å². The highest BCUT2D eigenvalue weighted by Crippen LogP contribution is 2.32. The van der Waals surface area contributed by atoms with Crippen molar-refractivity contribution < 1.29 is 18.3 Å². The Kier molecular flexibility index (Phi) is 5.60. The van der Waals surface area contributed by atoms with Crippen LogP contribution in [0.2, 0.25) is 10.0 Å². The number of carboxylic acids is 1. The van der Waals surface area contributed by atoms with Crippen LogP contribution in [-0.2, 0) is 14.8 Å². The molecule has 0 atom stereocenters. The summed E-state index contributed by atoms with van der Waals surface area (Å²) in [6.07, 6.45) is -0.357. The second kappa shape index (κ2) is 7.76. The number of carboxylic acid groups (broad SMARTS) is 1. The van der Waals surface area contributed by atoms with Crippen LogP contribution in [0.5, 0.6) is 0 Å². The zero-order valence-electron chi connectivity index (χ0n) is 14.0. The fourth-order valence-electron chi connectivity index (χ4n) is 2.71. The number of hydrogen-bond acceptors (Lipinski definition) is 3. The molecule has 0 aliphatic heterocycles. The number of benzene rings is 3. The summed E-state index contributed by atoms with van der Waals surface area (Å²) in [5, 5.41) is 11.1. The molecule has 140 valence electrons. The first-order valence-corrected chi connectivity index (χ1v) is 10.2. The Morgan fingerprint density at radius 1 is 0.963 bits per heavy atom. The molecule has 8 heteroatoms. The minimum atomic E-state index is -4.12. The van der Waals surface area contributed by atoms with E-state index in [4.69, 9.17) is 28.3 Å². The normalized spacial score (nSPS) is 11.5. The van der Waals surface area contributed by atoms with E-state index in [0.29, 0.717) is 5.69 Å². The monoisotopic (exact) mass is 423 g/mol. The molecule has 0 heterocycles. The Balaban J connectivity index is 2.14. The van der Waals surface area contributed by atoms with Crippen molar-refractivity contribution >= 4 is 55.7 Å². The first-order valence-electron chi connectivity index (χ1n) is 7.97. The fraction of sp³-hybridized carbons (Fsp3) is 0.105. The van der Waals surface area contributed by atoms with Crippen molar-refractivity contribution in [3.05, 3.63) is 70.7 Å². The van der Waals surface area contributed by atoms with Crippen LogP contribution >= 0.6 is 23.2 Å². The molecule has 0 fully saturated rings. The van der Waals surface area contributed by atoms with Gasteiger partial charge in [-0.2, -0.15) is 0 Å². The number of carbonyl (C=O) groups is 1. The Labute approximate surface area is 166 Å². The van der Waals surface area contributed by atoms with Crippen molar-refractivity contribution in [3.8, 4) is 0 Å². The van der Waals surface area contributed by atoms with Crippen LogP contribution in [0.4, 0.5) is 5.69 Å². The van der Waals surface area contributed by atoms with Gasteiger partial charge < -0.3 is 5.11 Å². The van der Waals surface area contributed by atoms with Crippen molar-refractivity contribution in [2.45, 2.75) is 11.3 Å². The molecule has 0 radical (unpaired) electrons. The van der Waals surface area contributed by atoms with Crippen LogP contribution in [0.1, 0.15) is 6.42 Å². The van der Waals surface area contributed by atoms with Gasteiger partial charge in [0.1, 0.15) is 4.90 Å². The van der Waals surface area contributed by atoms with Gasteiger partial charge in [-0.15, -0.1) is 0 Å².